The number of amides is 1. The van der Waals surface area contributed by atoms with Crippen molar-refractivity contribution in [1.82, 2.24) is 4.90 Å². The molecule has 16 heavy (non-hydrogen) atoms. The predicted molar refractivity (Wildman–Crippen MR) is 64.8 cm³/mol. The lowest BCUT2D eigenvalue weighted by Crippen LogP contribution is -2.30. The van der Waals surface area contributed by atoms with E-state index in [-0.39, 0.29) is 5.91 Å². The van der Waals surface area contributed by atoms with Crippen molar-refractivity contribution in [2.24, 2.45) is 11.8 Å². The minimum atomic E-state index is 0.183. The third-order valence-electron chi connectivity index (χ3n) is 3.39. The fourth-order valence-corrected chi connectivity index (χ4v) is 2.04. The van der Waals surface area contributed by atoms with Crippen LogP contribution in [0, 0.1) is 11.8 Å². The van der Waals surface area contributed by atoms with Crippen molar-refractivity contribution in [3.8, 4) is 0 Å². The molecule has 1 aliphatic rings. The van der Waals surface area contributed by atoms with E-state index in [0.717, 1.165) is 24.9 Å². The molecule has 2 unspecified atom stereocenters. The molecule has 0 heterocycles. The Hall–Kier alpha value is -1.31. The van der Waals surface area contributed by atoms with Crippen LogP contribution in [0.25, 0.3) is 0 Å². The highest BCUT2D eigenvalue weighted by Gasteiger charge is 2.34. The molecule has 0 N–H and O–H groups in total. The van der Waals surface area contributed by atoms with Crippen LogP contribution in [-0.4, -0.2) is 17.4 Å². The van der Waals surface area contributed by atoms with Gasteiger partial charge in [-0.2, -0.15) is 0 Å². The summed E-state index contributed by atoms with van der Waals surface area (Å²) in [5, 5.41) is 0. The lowest BCUT2D eigenvalue weighted by molar-refractivity contribution is -0.129. The molecule has 0 spiro atoms. The van der Waals surface area contributed by atoms with E-state index >= 15 is 0 Å². The van der Waals surface area contributed by atoms with Gasteiger partial charge >= 0.3 is 0 Å². The Morgan fingerprint density at radius 2 is 2.00 bits per heavy atom. The molecular formula is C14H19NO. The standard InChI is InChI=1S/C14H19NO/c1-11-8-14(11)10-15(12(2)16)9-13-6-4-3-5-7-13/h3-7,11,14H,8-10H2,1-2H3. The summed E-state index contributed by atoms with van der Waals surface area (Å²) in [4.78, 5) is 13.5. The van der Waals surface area contributed by atoms with E-state index in [1.54, 1.807) is 6.92 Å². The first kappa shape index (κ1) is 11.2. The Bertz CT molecular complexity index is 360. The van der Waals surface area contributed by atoms with Crippen LogP contribution in [0.1, 0.15) is 25.8 Å². The zero-order valence-electron chi connectivity index (χ0n) is 10.0. The van der Waals surface area contributed by atoms with Gasteiger partial charge in [-0.1, -0.05) is 37.3 Å². The molecule has 1 aromatic carbocycles. The predicted octanol–water partition coefficient (Wildman–Crippen LogP) is 2.69. The van der Waals surface area contributed by atoms with Crippen molar-refractivity contribution in [2.75, 3.05) is 6.54 Å². The zero-order chi connectivity index (χ0) is 11.5. The third kappa shape index (κ3) is 2.84. The number of carbonyl (C=O) groups is 1. The van der Waals surface area contributed by atoms with Crippen LogP contribution in [-0.2, 0) is 11.3 Å². The van der Waals surface area contributed by atoms with Gasteiger partial charge in [-0.25, -0.2) is 0 Å². The van der Waals surface area contributed by atoms with Crippen molar-refractivity contribution >= 4 is 5.91 Å². The first-order valence-corrected chi connectivity index (χ1v) is 5.96. The summed E-state index contributed by atoms with van der Waals surface area (Å²) in [5.74, 6) is 1.72. The third-order valence-corrected chi connectivity index (χ3v) is 3.39. The monoisotopic (exact) mass is 217 g/mol. The van der Waals surface area contributed by atoms with E-state index in [1.165, 1.54) is 12.0 Å². The molecule has 1 saturated carbocycles. The second-order valence-corrected chi connectivity index (χ2v) is 4.86. The van der Waals surface area contributed by atoms with Gasteiger partial charge in [0.15, 0.2) is 0 Å². The van der Waals surface area contributed by atoms with E-state index in [2.05, 4.69) is 19.1 Å². The van der Waals surface area contributed by atoms with Gasteiger partial charge in [-0.15, -0.1) is 0 Å². The summed E-state index contributed by atoms with van der Waals surface area (Å²) in [6.45, 7) is 5.59. The van der Waals surface area contributed by atoms with E-state index in [1.807, 2.05) is 23.1 Å². The highest BCUT2D eigenvalue weighted by Crippen LogP contribution is 2.38. The van der Waals surface area contributed by atoms with Gasteiger partial charge in [0, 0.05) is 20.0 Å². The average molecular weight is 217 g/mol. The molecule has 1 aliphatic carbocycles. The van der Waals surface area contributed by atoms with Crippen LogP contribution < -0.4 is 0 Å². The summed E-state index contributed by atoms with van der Waals surface area (Å²) >= 11 is 0. The number of hydrogen-bond donors (Lipinski definition) is 0. The molecule has 1 aromatic rings. The molecule has 0 bridgehead atoms. The van der Waals surface area contributed by atoms with Crippen LogP contribution in [0.2, 0.25) is 0 Å². The fourth-order valence-electron chi connectivity index (χ4n) is 2.04. The quantitative estimate of drug-likeness (QED) is 0.759. The van der Waals surface area contributed by atoms with Gasteiger partial charge in [-0.05, 0) is 23.8 Å². The van der Waals surface area contributed by atoms with Crippen molar-refractivity contribution in [3.05, 3.63) is 35.9 Å². The summed E-state index contributed by atoms with van der Waals surface area (Å²) in [6, 6.07) is 10.2. The summed E-state index contributed by atoms with van der Waals surface area (Å²) in [5.41, 5.74) is 1.21. The first-order chi connectivity index (χ1) is 7.66. The van der Waals surface area contributed by atoms with E-state index in [4.69, 9.17) is 0 Å². The van der Waals surface area contributed by atoms with E-state index in [9.17, 15) is 4.79 Å². The summed E-state index contributed by atoms with van der Waals surface area (Å²) < 4.78 is 0. The second kappa shape index (κ2) is 4.69. The zero-order valence-corrected chi connectivity index (χ0v) is 10.0. The molecule has 2 atom stereocenters. The van der Waals surface area contributed by atoms with Gasteiger partial charge in [0.1, 0.15) is 0 Å². The maximum absolute atomic E-state index is 11.5. The van der Waals surface area contributed by atoms with Gasteiger partial charge < -0.3 is 4.90 Å². The normalized spacial score (nSPS) is 22.9. The number of hydrogen-bond acceptors (Lipinski definition) is 1. The Kier molecular flexibility index (Phi) is 3.28. The van der Waals surface area contributed by atoms with Crippen LogP contribution >= 0.6 is 0 Å². The molecule has 1 fully saturated rings. The molecule has 86 valence electrons. The smallest absolute Gasteiger partial charge is 0.219 e. The minimum absolute atomic E-state index is 0.183. The van der Waals surface area contributed by atoms with E-state index < -0.39 is 0 Å². The topological polar surface area (TPSA) is 20.3 Å². The first-order valence-electron chi connectivity index (χ1n) is 5.96. The number of nitrogens with zero attached hydrogens (tertiary/aromatic N) is 1. The van der Waals surface area contributed by atoms with Crippen molar-refractivity contribution in [2.45, 2.75) is 26.8 Å². The Morgan fingerprint density at radius 3 is 2.50 bits per heavy atom. The van der Waals surface area contributed by atoms with Crippen LogP contribution in [0.4, 0.5) is 0 Å². The SMILES string of the molecule is CC(=O)N(Cc1ccccc1)CC1CC1C. The molecule has 1 amide bonds. The second-order valence-electron chi connectivity index (χ2n) is 4.86. The lowest BCUT2D eigenvalue weighted by Gasteiger charge is -2.21. The molecule has 2 heteroatoms. The molecule has 2 nitrogen and oxygen atoms in total. The Balaban J connectivity index is 1.95. The maximum Gasteiger partial charge on any atom is 0.219 e. The molecule has 0 saturated heterocycles. The van der Waals surface area contributed by atoms with Gasteiger partial charge in [0.2, 0.25) is 5.91 Å². The molecule has 0 aromatic heterocycles. The number of rotatable bonds is 4. The number of benzene rings is 1. The number of carbonyl (C=O) groups excluding carboxylic acids is 1. The van der Waals surface area contributed by atoms with E-state index in [0.29, 0.717) is 0 Å². The molecular weight excluding hydrogens is 198 g/mol. The summed E-state index contributed by atoms with van der Waals surface area (Å²) in [6.07, 6.45) is 1.28. The molecule has 2 rings (SSSR count). The van der Waals surface area contributed by atoms with Crippen LogP contribution in [0.15, 0.2) is 30.3 Å². The van der Waals surface area contributed by atoms with Crippen molar-refractivity contribution < 1.29 is 4.79 Å². The lowest BCUT2D eigenvalue weighted by atomic mass is 10.2. The fraction of sp³-hybridized carbons (Fsp3) is 0.500. The molecule has 0 aliphatic heterocycles. The summed E-state index contributed by atoms with van der Waals surface area (Å²) in [7, 11) is 0. The van der Waals surface area contributed by atoms with Gasteiger partial charge in [0.05, 0.1) is 0 Å². The maximum atomic E-state index is 11.5. The largest absolute Gasteiger partial charge is 0.338 e. The molecule has 0 radical (unpaired) electrons. The Morgan fingerprint density at radius 1 is 1.38 bits per heavy atom. The van der Waals surface area contributed by atoms with Gasteiger partial charge in [0.25, 0.3) is 0 Å². The Labute approximate surface area is 97.3 Å². The van der Waals surface area contributed by atoms with Gasteiger partial charge in [-0.3, -0.25) is 4.79 Å². The highest BCUT2D eigenvalue weighted by atomic mass is 16.2. The van der Waals surface area contributed by atoms with Crippen LogP contribution in [0.3, 0.4) is 0 Å². The van der Waals surface area contributed by atoms with Crippen molar-refractivity contribution in [1.29, 1.82) is 0 Å². The average Bonchev–Trinajstić information content (AvgIpc) is 2.95. The highest BCUT2D eigenvalue weighted by molar-refractivity contribution is 5.73. The van der Waals surface area contributed by atoms with Crippen molar-refractivity contribution in [3.63, 3.8) is 0 Å². The van der Waals surface area contributed by atoms with Crippen LogP contribution in [0.5, 0.6) is 0 Å². The minimum Gasteiger partial charge on any atom is -0.338 e.